The number of halogens is 2. The highest BCUT2D eigenvalue weighted by Gasteiger charge is 2.31. The van der Waals surface area contributed by atoms with Crippen LogP contribution in [0.5, 0.6) is 11.5 Å². The first-order chi connectivity index (χ1) is 17.3. The SMILES string of the molecule is COc1ccc(N(C(=O)COc2ccc(-c3ccccc3)cc2Br)S(=O)(=O)c2ccc(Cl)cc2)cc1. The molecule has 184 valence electrons. The molecule has 0 atom stereocenters. The number of anilines is 1. The van der Waals surface area contributed by atoms with Crippen LogP contribution < -0.4 is 13.8 Å². The number of sulfonamides is 1. The number of nitrogens with zero attached hydrogens (tertiary/aromatic N) is 1. The number of amides is 1. The zero-order valence-electron chi connectivity index (χ0n) is 19.1. The Labute approximate surface area is 223 Å². The predicted octanol–water partition coefficient (Wildman–Crippen LogP) is 6.58. The lowest BCUT2D eigenvalue weighted by molar-refractivity contribution is -0.119. The lowest BCUT2D eigenvalue weighted by Gasteiger charge is -2.23. The van der Waals surface area contributed by atoms with E-state index < -0.39 is 22.5 Å². The van der Waals surface area contributed by atoms with E-state index in [0.29, 0.717) is 21.0 Å². The van der Waals surface area contributed by atoms with Gasteiger partial charge in [-0.05, 0) is 87.7 Å². The maximum Gasteiger partial charge on any atom is 0.278 e. The molecule has 0 spiro atoms. The van der Waals surface area contributed by atoms with Gasteiger partial charge in [-0.25, -0.2) is 8.42 Å². The summed E-state index contributed by atoms with van der Waals surface area (Å²) < 4.78 is 39.2. The van der Waals surface area contributed by atoms with E-state index in [1.54, 1.807) is 18.2 Å². The third-order valence-corrected chi connectivity index (χ3v) is 7.91. The number of hydrogen-bond acceptors (Lipinski definition) is 5. The van der Waals surface area contributed by atoms with E-state index >= 15 is 0 Å². The summed E-state index contributed by atoms with van der Waals surface area (Å²) in [5, 5.41) is 0.378. The van der Waals surface area contributed by atoms with Crippen LogP contribution in [0, 0.1) is 0 Å². The molecule has 1 amide bonds. The minimum Gasteiger partial charge on any atom is -0.497 e. The van der Waals surface area contributed by atoms with Gasteiger partial charge in [0.05, 0.1) is 22.2 Å². The number of ether oxygens (including phenoxy) is 2. The predicted molar refractivity (Wildman–Crippen MR) is 144 cm³/mol. The molecule has 0 saturated carbocycles. The van der Waals surface area contributed by atoms with Crippen LogP contribution in [0.4, 0.5) is 5.69 Å². The van der Waals surface area contributed by atoms with Crippen molar-refractivity contribution in [1.29, 1.82) is 0 Å². The summed E-state index contributed by atoms with van der Waals surface area (Å²) in [5.41, 5.74) is 2.14. The summed E-state index contributed by atoms with van der Waals surface area (Å²) in [6.07, 6.45) is 0. The summed E-state index contributed by atoms with van der Waals surface area (Å²) >= 11 is 9.40. The van der Waals surface area contributed by atoms with Crippen LogP contribution in [-0.2, 0) is 14.8 Å². The molecule has 0 N–H and O–H groups in total. The zero-order valence-corrected chi connectivity index (χ0v) is 22.3. The van der Waals surface area contributed by atoms with Gasteiger partial charge in [0.25, 0.3) is 15.9 Å². The van der Waals surface area contributed by atoms with Crippen LogP contribution in [0.3, 0.4) is 0 Å². The number of hydrogen-bond donors (Lipinski definition) is 0. The molecule has 4 rings (SSSR count). The molecule has 4 aromatic carbocycles. The quantitative estimate of drug-likeness (QED) is 0.233. The second-order valence-corrected chi connectivity index (χ2v) is 10.7. The summed E-state index contributed by atoms with van der Waals surface area (Å²) in [7, 11) is -2.76. The molecule has 9 heteroatoms. The second kappa shape index (κ2) is 11.2. The first-order valence-corrected chi connectivity index (χ1v) is 13.4. The van der Waals surface area contributed by atoms with Gasteiger partial charge in [-0.3, -0.25) is 4.79 Å². The Bertz CT molecular complexity index is 1460. The molecule has 0 saturated heterocycles. The maximum absolute atomic E-state index is 13.5. The van der Waals surface area contributed by atoms with Gasteiger partial charge < -0.3 is 9.47 Å². The van der Waals surface area contributed by atoms with Gasteiger partial charge in [0.1, 0.15) is 11.5 Å². The molecule has 36 heavy (non-hydrogen) atoms. The summed E-state index contributed by atoms with van der Waals surface area (Å²) in [6.45, 7) is -0.512. The van der Waals surface area contributed by atoms with Crippen LogP contribution >= 0.6 is 27.5 Å². The topological polar surface area (TPSA) is 72.9 Å². The van der Waals surface area contributed by atoms with E-state index in [4.69, 9.17) is 21.1 Å². The minimum absolute atomic E-state index is 0.0792. The van der Waals surface area contributed by atoms with Crippen molar-refractivity contribution in [1.82, 2.24) is 0 Å². The second-order valence-electron chi connectivity index (χ2n) is 7.62. The normalized spacial score (nSPS) is 11.1. The monoisotopic (exact) mass is 585 g/mol. The molecular formula is C27H21BrClNO5S. The van der Waals surface area contributed by atoms with Crippen molar-refractivity contribution in [2.75, 3.05) is 18.0 Å². The van der Waals surface area contributed by atoms with E-state index in [1.807, 2.05) is 42.5 Å². The molecular weight excluding hydrogens is 566 g/mol. The van der Waals surface area contributed by atoms with Crippen LogP contribution in [0.2, 0.25) is 5.02 Å². The molecule has 0 fully saturated rings. The van der Waals surface area contributed by atoms with Crippen molar-refractivity contribution in [2.45, 2.75) is 4.90 Å². The average Bonchev–Trinajstić information content (AvgIpc) is 2.89. The summed E-state index contributed by atoms with van der Waals surface area (Å²) in [5.74, 6) is 0.157. The highest BCUT2D eigenvalue weighted by Crippen LogP contribution is 2.32. The molecule has 0 unspecified atom stereocenters. The molecule has 0 aromatic heterocycles. The Morgan fingerprint density at radius 3 is 2.17 bits per heavy atom. The Morgan fingerprint density at radius 1 is 0.889 bits per heavy atom. The summed E-state index contributed by atoms with van der Waals surface area (Å²) in [6, 6.07) is 27.0. The van der Waals surface area contributed by atoms with Crippen molar-refractivity contribution in [3.8, 4) is 22.6 Å². The van der Waals surface area contributed by atoms with Gasteiger partial charge in [0.15, 0.2) is 6.61 Å². The van der Waals surface area contributed by atoms with Gasteiger partial charge in [-0.1, -0.05) is 48.0 Å². The fourth-order valence-electron chi connectivity index (χ4n) is 3.47. The highest BCUT2D eigenvalue weighted by molar-refractivity contribution is 9.10. The first-order valence-electron chi connectivity index (χ1n) is 10.7. The number of carbonyl (C=O) groups is 1. The van der Waals surface area contributed by atoms with Gasteiger partial charge in [0, 0.05) is 5.02 Å². The Hall–Kier alpha value is -3.33. The molecule has 0 aliphatic heterocycles. The van der Waals surface area contributed by atoms with Crippen LogP contribution in [0.25, 0.3) is 11.1 Å². The van der Waals surface area contributed by atoms with Gasteiger partial charge in [0.2, 0.25) is 0 Å². The third kappa shape index (κ3) is 5.73. The molecule has 0 heterocycles. The lowest BCUT2D eigenvalue weighted by atomic mass is 10.1. The number of rotatable bonds is 8. The standard InChI is InChI=1S/C27H21BrClNO5S/c1-34-23-12-10-22(11-13-23)30(36(32,33)24-14-8-21(29)9-15-24)27(31)18-35-26-16-7-20(17-25(26)28)19-5-3-2-4-6-19/h2-17H,18H2,1H3. The van der Waals surface area contributed by atoms with Gasteiger partial charge >= 0.3 is 0 Å². The number of benzene rings is 4. The largest absolute Gasteiger partial charge is 0.497 e. The summed E-state index contributed by atoms with van der Waals surface area (Å²) in [4.78, 5) is 13.2. The third-order valence-electron chi connectivity index (χ3n) is 5.28. The molecule has 0 aliphatic carbocycles. The molecule has 0 radical (unpaired) electrons. The first kappa shape index (κ1) is 25.8. The van der Waals surface area contributed by atoms with Crippen molar-refractivity contribution >= 4 is 49.1 Å². The molecule has 6 nitrogen and oxygen atoms in total. The number of methoxy groups -OCH3 is 1. The van der Waals surface area contributed by atoms with Crippen molar-refractivity contribution in [3.05, 3.63) is 107 Å². The van der Waals surface area contributed by atoms with Crippen LogP contribution in [0.15, 0.2) is 106 Å². The van der Waals surface area contributed by atoms with Gasteiger partial charge in [-0.15, -0.1) is 0 Å². The van der Waals surface area contributed by atoms with Crippen LogP contribution in [0.1, 0.15) is 0 Å². The van der Waals surface area contributed by atoms with E-state index in [0.717, 1.165) is 15.4 Å². The van der Waals surface area contributed by atoms with E-state index in [2.05, 4.69) is 15.9 Å². The average molecular weight is 587 g/mol. The van der Waals surface area contributed by atoms with Crippen molar-refractivity contribution in [2.24, 2.45) is 0 Å². The smallest absolute Gasteiger partial charge is 0.278 e. The van der Waals surface area contributed by atoms with Crippen LogP contribution in [-0.4, -0.2) is 28.0 Å². The van der Waals surface area contributed by atoms with E-state index in [9.17, 15) is 13.2 Å². The van der Waals surface area contributed by atoms with Crippen molar-refractivity contribution in [3.63, 3.8) is 0 Å². The van der Waals surface area contributed by atoms with E-state index in [1.165, 1.54) is 43.5 Å². The molecule has 0 bridgehead atoms. The highest BCUT2D eigenvalue weighted by atomic mass is 79.9. The fraction of sp³-hybridized carbons (Fsp3) is 0.0741. The molecule has 4 aromatic rings. The zero-order chi connectivity index (χ0) is 25.7. The Kier molecular flexibility index (Phi) is 7.98. The number of carbonyl (C=O) groups excluding carboxylic acids is 1. The van der Waals surface area contributed by atoms with E-state index in [-0.39, 0.29) is 10.6 Å². The maximum atomic E-state index is 13.5. The Morgan fingerprint density at radius 2 is 1.56 bits per heavy atom. The molecule has 0 aliphatic rings. The van der Waals surface area contributed by atoms with Gasteiger partial charge in [-0.2, -0.15) is 4.31 Å². The minimum atomic E-state index is -4.25. The van der Waals surface area contributed by atoms with Crippen molar-refractivity contribution < 1.29 is 22.7 Å². The lowest BCUT2D eigenvalue weighted by Crippen LogP contribution is -2.40. The Balaban J connectivity index is 1.61. The fourth-order valence-corrected chi connectivity index (χ4v) is 5.50.